The second-order valence-corrected chi connectivity index (χ2v) is 7.15. The van der Waals surface area contributed by atoms with Gasteiger partial charge < -0.3 is 14.5 Å². The molecule has 131 valence electrons. The Morgan fingerprint density at radius 1 is 1.00 bits per heavy atom. The Morgan fingerprint density at radius 3 is 2.40 bits per heavy atom. The van der Waals surface area contributed by atoms with Crippen LogP contribution in [-0.2, 0) is 0 Å². The van der Waals surface area contributed by atoms with E-state index in [0.717, 1.165) is 45.0 Å². The highest BCUT2D eigenvalue weighted by Gasteiger charge is 2.32. The first-order valence-electron chi connectivity index (χ1n) is 9.08. The van der Waals surface area contributed by atoms with Gasteiger partial charge in [0.05, 0.1) is 6.61 Å². The molecule has 5 nitrogen and oxygen atoms in total. The number of nitrogens with zero attached hydrogens (tertiary/aromatic N) is 4. The minimum Gasteiger partial charge on any atom is -0.477 e. The van der Waals surface area contributed by atoms with Crippen molar-refractivity contribution in [2.45, 2.75) is 19.3 Å². The maximum absolute atomic E-state index is 5.88. The minimum atomic E-state index is 0.0897. The zero-order valence-corrected chi connectivity index (χ0v) is 14.6. The minimum absolute atomic E-state index is 0.0897. The highest BCUT2D eigenvalue weighted by atomic mass is 16.5. The standard InChI is InChI=1S/C20H25N4O/c1-20(9-5-10-20)16-25-18-8-11-21-19(22-18)24-14-12-23(13-15-24)17-6-3-2-4-7-17/h2-4,6-8,11H,1,5,9-10,12-16H2. The zero-order valence-electron chi connectivity index (χ0n) is 14.6. The maximum Gasteiger partial charge on any atom is 0.228 e. The van der Waals surface area contributed by atoms with E-state index in [-0.39, 0.29) is 5.41 Å². The highest BCUT2D eigenvalue weighted by molar-refractivity contribution is 5.48. The van der Waals surface area contributed by atoms with E-state index in [2.05, 4.69) is 57.0 Å². The monoisotopic (exact) mass is 337 g/mol. The maximum atomic E-state index is 5.88. The van der Waals surface area contributed by atoms with Gasteiger partial charge in [0.25, 0.3) is 0 Å². The van der Waals surface area contributed by atoms with Gasteiger partial charge in [0.15, 0.2) is 0 Å². The molecule has 0 atom stereocenters. The van der Waals surface area contributed by atoms with Gasteiger partial charge in [-0.05, 0) is 31.9 Å². The summed E-state index contributed by atoms with van der Waals surface area (Å²) in [6.07, 6.45) is 5.34. The SMILES string of the molecule is [CH2]C1(COc2ccnc(N3CCN(c4ccccc4)CC3)n2)CCC1. The topological polar surface area (TPSA) is 41.5 Å². The fourth-order valence-corrected chi connectivity index (χ4v) is 3.42. The van der Waals surface area contributed by atoms with Gasteiger partial charge in [0.1, 0.15) is 0 Å². The summed E-state index contributed by atoms with van der Waals surface area (Å²) >= 11 is 0. The molecule has 1 aliphatic heterocycles. The van der Waals surface area contributed by atoms with E-state index in [0.29, 0.717) is 12.5 Å². The Morgan fingerprint density at radius 2 is 1.72 bits per heavy atom. The molecule has 0 unspecified atom stereocenters. The van der Waals surface area contributed by atoms with Crippen molar-refractivity contribution >= 4 is 11.6 Å². The van der Waals surface area contributed by atoms with Gasteiger partial charge in [-0.1, -0.05) is 24.6 Å². The van der Waals surface area contributed by atoms with E-state index in [1.54, 1.807) is 6.20 Å². The first kappa shape index (κ1) is 16.2. The van der Waals surface area contributed by atoms with Gasteiger partial charge in [-0.15, -0.1) is 0 Å². The lowest BCUT2D eigenvalue weighted by Gasteiger charge is -2.37. The molecule has 1 aromatic carbocycles. The smallest absolute Gasteiger partial charge is 0.228 e. The summed E-state index contributed by atoms with van der Waals surface area (Å²) < 4.78 is 5.88. The number of para-hydroxylation sites is 1. The third-order valence-electron chi connectivity index (χ3n) is 5.24. The quantitative estimate of drug-likeness (QED) is 0.838. The number of rotatable bonds is 5. The van der Waals surface area contributed by atoms with Crippen molar-refractivity contribution in [3.05, 3.63) is 49.5 Å². The molecule has 1 aromatic heterocycles. The number of ether oxygens (including phenoxy) is 1. The van der Waals surface area contributed by atoms with Crippen molar-refractivity contribution in [3.8, 4) is 5.88 Å². The van der Waals surface area contributed by atoms with Gasteiger partial charge in [0, 0.05) is 49.5 Å². The predicted molar refractivity (Wildman–Crippen MR) is 100 cm³/mol. The van der Waals surface area contributed by atoms with Gasteiger partial charge >= 0.3 is 0 Å². The fourth-order valence-electron chi connectivity index (χ4n) is 3.42. The van der Waals surface area contributed by atoms with Crippen LogP contribution in [0.5, 0.6) is 5.88 Å². The van der Waals surface area contributed by atoms with Crippen LogP contribution in [0.15, 0.2) is 42.6 Å². The molecule has 1 saturated heterocycles. The Bertz CT molecular complexity index is 694. The van der Waals surface area contributed by atoms with E-state index in [1.165, 1.54) is 12.1 Å². The zero-order chi connectivity index (χ0) is 17.1. The molecule has 4 rings (SSSR count). The summed E-state index contributed by atoms with van der Waals surface area (Å²) in [5.74, 6) is 1.42. The second kappa shape index (κ2) is 6.90. The third-order valence-corrected chi connectivity index (χ3v) is 5.24. The molecule has 0 spiro atoms. The number of aromatic nitrogens is 2. The largest absolute Gasteiger partial charge is 0.477 e. The lowest BCUT2D eigenvalue weighted by Crippen LogP contribution is -2.47. The fraction of sp³-hybridized carbons (Fsp3) is 0.450. The molecule has 2 heterocycles. The van der Waals surface area contributed by atoms with Crippen molar-refractivity contribution in [1.29, 1.82) is 0 Å². The Balaban J connectivity index is 1.35. The second-order valence-electron chi connectivity index (χ2n) is 7.15. The van der Waals surface area contributed by atoms with Crippen molar-refractivity contribution < 1.29 is 4.74 Å². The van der Waals surface area contributed by atoms with E-state index in [9.17, 15) is 0 Å². The molecule has 0 N–H and O–H groups in total. The van der Waals surface area contributed by atoms with Crippen LogP contribution in [0.3, 0.4) is 0 Å². The normalized spacial score (nSPS) is 19.4. The van der Waals surface area contributed by atoms with Crippen LogP contribution < -0.4 is 14.5 Å². The number of piperazine rings is 1. The number of hydrogen-bond acceptors (Lipinski definition) is 5. The predicted octanol–water partition coefficient (Wildman–Crippen LogP) is 3.19. The Hall–Kier alpha value is -2.30. The molecule has 2 fully saturated rings. The summed E-state index contributed by atoms with van der Waals surface area (Å²) in [6.45, 7) is 8.67. The van der Waals surface area contributed by atoms with Gasteiger partial charge in [-0.3, -0.25) is 0 Å². The van der Waals surface area contributed by atoms with Gasteiger partial charge in [0.2, 0.25) is 11.8 Å². The molecule has 1 saturated carbocycles. The highest BCUT2D eigenvalue weighted by Crippen LogP contribution is 2.40. The average Bonchev–Trinajstić information content (AvgIpc) is 2.66. The molecule has 1 radical (unpaired) electrons. The first-order chi connectivity index (χ1) is 12.2. The van der Waals surface area contributed by atoms with Crippen molar-refractivity contribution in [2.24, 2.45) is 5.41 Å². The van der Waals surface area contributed by atoms with Crippen molar-refractivity contribution in [2.75, 3.05) is 42.6 Å². The van der Waals surface area contributed by atoms with Gasteiger partial charge in [-0.2, -0.15) is 4.98 Å². The summed E-state index contributed by atoms with van der Waals surface area (Å²) in [4.78, 5) is 13.7. The number of hydrogen-bond donors (Lipinski definition) is 0. The summed E-state index contributed by atoms with van der Waals surface area (Å²) in [7, 11) is 0. The number of benzene rings is 1. The molecule has 2 aromatic rings. The van der Waals surface area contributed by atoms with E-state index in [1.807, 2.05) is 6.07 Å². The van der Waals surface area contributed by atoms with Crippen LogP contribution in [0.2, 0.25) is 0 Å². The average molecular weight is 337 g/mol. The van der Waals surface area contributed by atoms with Crippen LogP contribution in [-0.4, -0.2) is 42.8 Å². The van der Waals surface area contributed by atoms with Crippen LogP contribution in [0.1, 0.15) is 19.3 Å². The molecule has 0 bridgehead atoms. The lowest BCUT2D eigenvalue weighted by molar-refractivity contribution is 0.101. The third kappa shape index (κ3) is 3.70. The molecule has 0 amide bonds. The van der Waals surface area contributed by atoms with Crippen LogP contribution in [0.4, 0.5) is 11.6 Å². The van der Waals surface area contributed by atoms with Crippen LogP contribution in [0, 0.1) is 12.3 Å². The first-order valence-corrected chi connectivity index (χ1v) is 9.08. The summed E-state index contributed by atoms with van der Waals surface area (Å²) in [5.41, 5.74) is 1.37. The van der Waals surface area contributed by atoms with Gasteiger partial charge in [-0.25, -0.2) is 4.98 Å². The molecular formula is C20H25N4O. The molecule has 5 heteroatoms. The van der Waals surface area contributed by atoms with E-state index in [4.69, 9.17) is 4.74 Å². The van der Waals surface area contributed by atoms with Crippen molar-refractivity contribution in [3.63, 3.8) is 0 Å². The Kier molecular flexibility index (Phi) is 4.47. The van der Waals surface area contributed by atoms with Crippen molar-refractivity contribution in [1.82, 2.24) is 9.97 Å². The molecule has 1 aliphatic carbocycles. The van der Waals surface area contributed by atoms with E-state index >= 15 is 0 Å². The molecule has 25 heavy (non-hydrogen) atoms. The summed E-state index contributed by atoms with van der Waals surface area (Å²) in [6, 6.07) is 12.4. The molecular weight excluding hydrogens is 312 g/mol. The van der Waals surface area contributed by atoms with E-state index < -0.39 is 0 Å². The van der Waals surface area contributed by atoms with Crippen LogP contribution in [0.25, 0.3) is 0 Å². The lowest BCUT2D eigenvalue weighted by atomic mass is 9.71. The summed E-state index contributed by atoms with van der Waals surface area (Å²) in [5, 5.41) is 0. The molecule has 2 aliphatic rings. The Labute approximate surface area is 149 Å². The van der Waals surface area contributed by atoms with Crippen LogP contribution >= 0.6 is 0 Å². The number of anilines is 2.